The van der Waals surface area contributed by atoms with Gasteiger partial charge in [0.15, 0.2) is 11.6 Å². The molecule has 0 saturated heterocycles. The van der Waals surface area contributed by atoms with Crippen LogP contribution in [0.25, 0.3) is 21.9 Å². The Morgan fingerprint density at radius 1 is 0.636 bits per heavy atom. The van der Waals surface area contributed by atoms with E-state index in [4.69, 9.17) is 0 Å². The van der Waals surface area contributed by atoms with Gasteiger partial charge in [-0.05, 0) is 83.3 Å². The molecular weight excluding hydrogens is 431 g/mol. The Kier molecular flexibility index (Phi) is 6.46. The monoisotopic (exact) mass is 450 g/mol. The quantitative estimate of drug-likeness (QED) is 0.219. The molecule has 0 radical (unpaired) electrons. The third-order valence-electron chi connectivity index (χ3n) is 5.40. The number of aryl methyl sites for hydroxylation is 1. The number of hydrogen-bond acceptors (Lipinski definition) is 0. The summed E-state index contributed by atoms with van der Waals surface area (Å²) in [6.07, 6.45) is 2.31. The molecule has 4 rings (SSSR count). The number of halogens is 5. The van der Waals surface area contributed by atoms with E-state index in [0.29, 0.717) is 28.3 Å². The molecule has 0 aromatic heterocycles. The highest BCUT2D eigenvalue weighted by atomic mass is 19.2. The van der Waals surface area contributed by atoms with E-state index in [2.05, 4.69) is 11.8 Å². The average molecular weight is 450 g/mol. The van der Waals surface area contributed by atoms with Crippen molar-refractivity contribution in [1.29, 1.82) is 0 Å². The standard InChI is InChI=1S/C28H19F5/c1-2-3-4-18-12-26(32)28(27(33)13-18)21-10-9-19(23(29)15-21)7-5-17-6-8-20-14-24(30)25(31)16-22(20)11-17/h6,8-16H,2-4H2,1H3. The first-order valence-electron chi connectivity index (χ1n) is 10.5. The number of hydrogen-bond donors (Lipinski definition) is 0. The largest absolute Gasteiger partial charge is 0.206 e. The fourth-order valence-electron chi connectivity index (χ4n) is 3.66. The molecule has 166 valence electrons. The lowest BCUT2D eigenvalue weighted by atomic mass is 9.99. The molecule has 0 spiro atoms. The van der Waals surface area contributed by atoms with Crippen LogP contribution in [-0.4, -0.2) is 0 Å². The van der Waals surface area contributed by atoms with Gasteiger partial charge >= 0.3 is 0 Å². The summed E-state index contributed by atoms with van der Waals surface area (Å²) in [5.74, 6) is 1.37. The fourth-order valence-corrected chi connectivity index (χ4v) is 3.66. The molecule has 0 heterocycles. The van der Waals surface area contributed by atoms with Crippen molar-refractivity contribution in [3.63, 3.8) is 0 Å². The topological polar surface area (TPSA) is 0 Å². The average Bonchev–Trinajstić information content (AvgIpc) is 2.77. The summed E-state index contributed by atoms with van der Waals surface area (Å²) in [4.78, 5) is 0. The molecule has 0 aliphatic heterocycles. The van der Waals surface area contributed by atoms with Crippen LogP contribution in [0.4, 0.5) is 22.0 Å². The number of fused-ring (bicyclic) bond motifs is 1. The summed E-state index contributed by atoms with van der Waals surface area (Å²) < 4.78 is 70.6. The van der Waals surface area contributed by atoms with Crippen molar-refractivity contribution in [3.8, 4) is 23.0 Å². The minimum Gasteiger partial charge on any atom is -0.206 e. The molecule has 0 atom stereocenters. The third kappa shape index (κ3) is 4.90. The SMILES string of the molecule is CCCCc1cc(F)c(-c2ccc(C#Cc3ccc4cc(F)c(F)cc4c3)c(F)c2)c(F)c1. The Labute approximate surface area is 188 Å². The molecule has 0 bridgehead atoms. The first-order valence-corrected chi connectivity index (χ1v) is 10.5. The van der Waals surface area contributed by atoms with Gasteiger partial charge in [-0.15, -0.1) is 0 Å². The zero-order valence-electron chi connectivity index (χ0n) is 17.8. The van der Waals surface area contributed by atoms with Crippen LogP contribution >= 0.6 is 0 Å². The number of rotatable bonds is 4. The predicted molar refractivity (Wildman–Crippen MR) is 120 cm³/mol. The van der Waals surface area contributed by atoms with E-state index in [9.17, 15) is 22.0 Å². The Hall–Kier alpha value is -3.65. The first-order chi connectivity index (χ1) is 15.9. The minimum atomic E-state index is -0.966. The molecule has 0 N–H and O–H groups in total. The van der Waals surface area contributed by atoms with E-state index >= 15 is 0 Å². The minimum absolute atomic E-state index is 0.0458. The molecule has 0 aliphatic rings. The molecule has 0 amide bonds. The molecule has 0 saturated carbocycles. The summed E-state index contributed by atoms with van der Waals surface area (Å²) in [5, 5.41) is 0.976. The van der Waals surface area contributed by atoms with Gasteiger partial charge in [-0.25, -0.2) is 22.0 Å². The van der Waals surface area contributed by atoms with Crippen molar-refractivity contribution in [2.45, 2.75) is 26.2 Å². The van der Waals surface area contributed by atoms with E-state index in [1.54, 1.807) is 18.2 Å². The smallest absolute Gasteiger partial charge is 0.159 e. The molecule has 0 unspecified atom stereocenters. The van der Waals surface area contributed by atoms with Crippen LogP contribution in [0.5, 0.6) is 0 Å². The first kappa shape index (κ1) is 22.5. The Morgan fingerprint density at radius 2 is 1.33 bits per heavy atom. The van der Waals surface area contributed by atoms with Gasteiger partial charge < -0.3 is 0 Å². The van der Waals surface area contributed by atoms with Crippen LogP contribution in [0, 0.1) is 40.9 Å². The van der Waals surface area contributed by atoms with E-state index in [1.165, 1.54) is 24.3 Å². The lowest BCUT2D eigenvalue weighted by Crippen LogP contribution is -1.96. The second-order valence-corrected chi connectivity index (χ2v) is 7.81. The van der Waals surface area contributed by atoms with Crippen LogP contribution in [0.3, 0.4) is 0 Å². The van der Waals surface area contributed by atoms with Crippen LogP contribution in [-0.2, 0) is 6.42 Å². The van der Waals surface area contributed by atoms with Gasteiger partial charge in [0.25, 0.3) is 0 Å². The molecular formula is C28H19F5. The van der Waals surface area contributed by atoms with Crippen molar-refractivity contribution in [3.05, 3.63) is 106 Å². The van der Waals surface area contributed by atoms with E-state index in [0.717, 1.165) is 31.0 Å². The summed E-state index contributed by atoms with van der Waals surface area (Å²) in [6, 6.07) is 13.3. The summed E-state index contributed by atoms with van der Waals surface area (Å²) >= 11 is 0. The molecule has 4 aromatic rings. The highest BCUT2D eigenvalue weighted by molar-refractivity contribution is 5.84. The van der Waals surface area contributed by atoms with Crippen molar-refractivity contribution in [2.24, 2.45) is 0 Å². The number of benzene rings is 4. The fraction of sp³-hybridized carbons (Fsp3) is 0.143. The zero-order chi connectivity index (χ0) is 23.5. The predicted octanol–water partition coefficient (Wildman–Crippen LogP) is 7.94. The van der Waals surface area contributed by atoms with Crippen molar-refractivity contribution in [2.75, 3.05) is 0 Å². The van der Waals surface area contributed by atoms with Gasteiger partial charge in [0.05, 0.1) is 11.1 Å². The zero-order valence-corrected chi connectivity index (χ0v) is 17.8. The number of unbranched alkanes of at least 4 members (excludes halogenated alkanes) is 1. The summed E-state index contributed by atoms with van der Waals surface area (Å²) in [6.45, 7) is 2.00. The highest BCUT2D eigenvalue weighted by Crippen LogP contribution is 2.29. The van der Waals surface area contributed by atoms with Crippen LogP contribution in [0.15, 0.2) is 60.7 Å². The Bertz CT molecular complexity index is 1390. The molecule has 33 heavy (non-hydrogen) atoms. The van der Waals surface area contributed by atoms with Crippen LogP contribution < -0.4 is 0 Å². The maximum atomic E-state index is 14.7. The lowest BCUT2D eigenvalue weighted by Gasteiger charge is -2.09. The van der Waals surface area contributed by atoms with Crippen molar-refractivity contribution in [1.82, 2.24) is 0 Å². The second-order valence-electron chi connectivity index (χ2n) is 7.81. The maximum Gasteiger partial charge on any atom is 0.159 e. The van der Waals surface area contributed by atoms with Gasteiger partial charge in [0.1, 0.15) is 17.5 Å². The molecule has 5 heteroatoms. The summed E-state index contributed by atoms with van der Waals surface area (Å²) in [7, 11) is 0. The molecule has 4 aromatic carbocycles. The van der Waals surface area contributed by atoms with E-state index in [1.807, 2.05) is 6.92 Å². The van der Waals surface area contributed by atoms with Gasteiger partial charge in [-0.1, -0.05) is 37.3 Å². The summed E-state index contributed by atoms with van der Waals surface area (Å²) in [5.41, 5.74) is 0.897. The van der Waals surface area contributed by atoms with Gasteiger partial charge in [0.2, 0.25) is 0 Å². The third-order valence-corrected chi connectivity index (χ3v) is 5.40. The molecule has 0 aliphatic carbocycles. The highest BCUT2D eigenvalue weighted by Gasteiger charge is 2.15. The van der Waals surface area contributed by atoms with Gasteiger partial charge in [-0.3, -0.25) is 0 Å². The van der Waals surface area contributed by atoms with Crippen molar-refractivity contribution >= 4 is 10.8 Å². The van der Waals surface area contributed by atoms with Gasteiger partial charge in [-0.2, -0.15) is 0 Å². The van der Waals surface area contributed by atoms with E-state index in [-0.39, 0.29) is 16.7 Å². The molecule has 0 nitrogen and oxygen atoms in total. The molecule has 0 fully saturated rings. The normalized spacial score (nSPS) is 10.8. The van der Waals surface area contributed by atoms with Crippen LogP contribution in [0.1, 0.15) is 36.5 Å². The van der Waals surface area contributed by atoms with Crippen LogP contribution in [0.2, 0.25) is 0 Å². The Balaban J connectivity index is 1.63. The maximum absolute atomic E-state index is 14.7. The second kappa shape index (κ2) is 9.46. The van der Waals surface area contributed by atoms with E-state index < -0.39 is 29.1 Å². The Morgan fingerprint density at radius 3 is 2.00 bits per heavy atom. The van der Waals surface area contributed by atoms with Gasteiger partial charge in [0, 0.05) is 5.56 Å². The van der Waals surface area contributed by atoms with Crippen molar-refractivity contribution < 1.29 is 22.0 Å². The lowest BCUT2D eigenvalue weighted by molar-refractivity contribution is 0.511.